The Balaban J connectivity index is 3.20. The maximum Gasteiger partial charge on any atom is 0.0784 e. The van der Waals surface area contributed by atoms with Crippen LogP contribution in [0.15, 0.2) is 23.4 Å². The average molecular weight is 220 g/mol. The van der Waals surface area contributed by atoms with Crippen LogP contribution in [-0.4, -0.2) is 14.3 Å². The Labute approximate surface area is 90.7 Å². The molecule has 0 aromatic heterocycles. The van der Waals surface area contributed by atoms with Crippen molar-refractivity contribution in [3.8, 4) is 0 Å². The van der Waals surface area contributed by atoms with E-state index in [1.165, 1.54) is 11.4 Å². The Morgan fingerprint density at radius 1 is 1.33 bits per heavy atom. The molecule has 0 bridgehead atoms. The van der Waals surface area contributed by atoms with Crippen molar-refractivity contribution in [2.45, 2.75) is 19.6 Å². The van der Waals surface area contributed by atoms with Gasteiger partial charge in [0.2, 0.25) is 0 Å². The van der Waals surface area contributed by atoms with Crippen LogP contribution in [0.3, 0.4) is 0 Å². The summed E-state index contributed by atoms with van der Waals surface area (Å²) in [5.74, 6) is 0. The van der Waals surface area contributed by atoms with Crippen molar-refractivity contribution in [3.05, 3.63) is 23.8 Å². The summed E-state index contributed by atoms with van der Waals surface area (Å²) in [5, 5.41) is 11.8. The number of hydrogen-bond donors (Lipinski definition) is 3. The van der Waals surface area contributed by atoms with E-state index in [1.54, 1.807) is 0 Å². The van der Waals surface area contributed by atoms with Crippen molar-refractivity contribution in [1.29, 1.82) is 10.9 Å². The normalized spacial score (nSPS) is 10.9. The van der Waals surface area contributed by atoms with Crippen LogP contribution in [0.5, 0.6) is 0 Å². The monoisotopic (exact) mass is 220 g/mol. The van der Waals surface area contributed by atoms with Crippen molar-refractivity contribution in [2.24, 2.45) is 5.22 Å². The second-order valence-electron chi connectivity index (χ2n) is 4.42. The molecular formula is C10H16N4Si. The van der Waals surface area contributed by atoms with Crippen molar-refractivity contribution in [1.82, 2.24) is 0 Å². The first-order chi connectivity index (χ1) is 6.99. The minimum absolute atomic E-state index is 0.755. The highest BCUT2D eigenvalue weighted by molar-refractivity contribution is 6.89. The van der Waals surface area contributed by atoms with Gasteiger partial charge in [-0.05, 0) is 17.7 Å². The molecule has 0 saturated carbocycles. The molecule has 0 spiro atoms. The molecule has 0 aliphatic rings. The number of hydrogen-bond acceptors (Lipinski definition) is 3. The van der Waals surface area contributed by atoms with Gasteiger partial charge >= 0.3 is 0 Å². The Morgan fingerprint density at radius 2 is 2.00 bits per heavy atom. The number of anilines is 1. The molecule has 0 aliphatic carbocycles. The van der Waals surface area contributed by atoms with Gasteiger partial charge in [0, 0.05) is 6.21 Å². The first kappa shape index (κ1) is 11.6. The van der Waals surface area contributed by atoms with Crippen molar-refractivity contribution in [3.63, 3.8) is 0 Å². The SMILES string of the molecule is C[Si](C)(C)c1ccc(NN=N)cc1C=N. The maximum atomic E-state index is 7.39. The molecule has 4 nitrogen and oxygen atoms in total. The van der Waals surface area contributed by atoms with Crippen LogP contribution >= 0.6 is 0 Å². The van der Waals surface area contributed by atoms with Gasteiger partial charge in [0.15, 0.2) is 0 Å². The number of rotatable bonds is 4. The number of nitrogens with zero attached hydrogens (tertiary/aromatic N) is 1. The maximum absolute atomic E-state index is 7.39. The van der Waals surface area contributed by atoms with Crippen molar-refractivity contribution < 1.29 is 0 Å². The zero-order chi connectivity index (χ0) is 11.5. The largest absolute Gasteiger partial charge is 0.308 e. The average Bonchev–Trinajstić information content (AvgIpc) is 2.16. The van der Waals surface area contributed by atoms with Gasteiger partial charge in [0.05, 0.1) is 13.8 Å². The predicted octanol–water partition coefficient (Wildman–Crippen LogP) is 2.59. The van der Waals surface area contributed by atoms with E-state index in [0.717, 1.165) is 11.3 Å². The lowest BCUT2D eigenvalue weighted by Gasteiger charge is -2.19. The standard InChI is InChI=1S/C10H16N4Si/c1-15(2,3)10-5-4-9(13-14-12)6-8(10)7-11/h4-7,11H,1-3H3,(H2,12,13). The van der Waals surface area contributed by atoms with E-state index >= 15 is 0 Å². The summed E-state index contributed by atoms with van der Waals surface area (Å²) < 4.78 is 0. The summed E-state index contributed by atoms with van der Waals surface area (Å²) in [4.78, 5) is 0. The zero-order valence-electron chi connectivity index (χ0n) is 9.26. The molecular weight excluding hydrogens is 204 g/mol. The van der Waals surface area contributed by atoms with Crippen LogP contribution in [0, 0.1) is 10.9 Å². The molecule has 0 aliphatic heterocycles. The summed E-state index contributed by atoms with van der Waals surface area (Å²) in [6, 6.07) is 5.79. The smallest absolute Gasteiger partial charge is 0.0784 e. The fourth-order valence-electron chi connectivity index (χ4n) is 1.50. The molecule has 5 heteroatoms. The van der Waals surface area contributed by atoms with Gasteiger partial charge < -0.3 is 5.41 Å². The van der Waals surface area contributed by atoms with E-state index in [9.17, 15) is 0 Å². The van der Waals surface area contributed by atoms with Crippen LogP contribution in [0.25, 0.3) is 0 Å². The molecule has 0 radical (unpaired) electrons. The minimum Gasteiger partial charge on any atom is -0.308 e. The summed E-state index contributed by atoms with van der Waals surface area (Å²) >= 11 is 0. The first-order valence-electron chi connectivity index (χ1n) is 4.76. The van der Waals surface area contributed by atoms with E-state index in [-0.39, 0.29) is 0 Å². The highest BCUT2D eigenvalue weighted by atomic mass is 28.3. The minimum atomic E-state index is -1.40. The molecule has 0 amide bonds. The van der Waals surface area contributed by atoms with E-state index in [2.05, 4.69) is 30.3 Å². The lowest BCUT2D eigenvalue weighted by atomic mass is 10.2. The molecule has 1 aromatic carbocycles. The summed E-state index contributed by atoms with van der Waals surface area (Å²) in [7, 11) is -1.40. The fourth-order valence-corrected chi connectivity index (χ4v) is 3.09. The lowest BCUT2D eigenvalue weighted by Crippen LogP contribution is -2.40. The zero-order valence-corrected chi connectivity index (χ0v) is 10.3. The third-order valence-corrected chi connectivity index (χ3v) is 4.27. The summed E-state index contributed by atoms with van der Waals surface area (Å²) in [5.41, 5.74) is 10.9. The van der Waals surface area contributed by atoms with Gasteiger partial charge in [-0.15, -0.1) is 0 Å². The van der Waals surface area contributed by atoms with Gasteiger partial charge in [-0.25, -0.2) is 0 Å². The predicted molar refractivity (Wildman–Crippen MR) is 66.1 cm³/mol. The van der Waals surface area contributed by atoms with E-state index in [0.29, 0.717) is 0 Å². The van der Waals surface area contributed by atoms with E-state index in [4.69, 9.17) is 10.9 Å². The molecule has 0 unspecified atom stereocenters. The molecule has 1 rings (SSSR count). The number of nitrogens with one attached hydrogen (secondary N) is 3. The van der Waals surface area contributed by atoms with Gasteiger partial charge in [-0.1, -0.05) is 36.1 Å². The molecule has 0 atom stereocenters. The summed E-state index contributed by atoms with van der Waals surface area (Å²) in [6.45, 7) is 6.74. The van der Waals surface area contributed by atoms with Crippen molar-refractivity contribution >= 4 is 25.2 Å². The number of benzene rings is 1. The highest BCUT2D eigenvalue weighted by Crippen LogP contribution is 2.12. The van der Waals surface area contributed by atoms with Crippen LogP contribution in [0.1, 0.15) is 5.56 Å². The van der Waals surface area contributed by atoms with Crippen molar-refractivity contribution in [2.75, 3.05) is 5.43 Å². The fraction of sp³-hybridized carbons (Fsp3) is 0.300. The lowest BCUT2D eigenvalue weighted by molar-refractivity contribution is 1.06. The Bertz CT molecular complexity index is 381. The van der Waals surface area contributed by atoms with Gasteiger partial charge in [0.25, 0.3) is 0 Å². The van der Waals surface area contributed by atoms with Crippen LogP contribution in [0.4, 0.5) is 5.69 Å². The first-order valence-corrected chi connectivity index (χ1v) is 8.26. The Morgan fingerprint density at radius 3 is 2.47 bits per heavy atom. The van der Waals surface area contributed by atoms with Crippen LogP contribution < -0.4 is 10.6 Å². The topological polar surface area (TPSA) is 72.1 Å². The van der Waals surface area contributed by atoms with Gasteiger partial charge in [-0.2, -0.15) is 5.53 Å². The molecule has 0 fully saturated rings. The second kappa shape index (κ2) is 4.35. The van der Waals surface area contributed by atoms with E-state index < -0.39 is 8.07 Å². The second-order valence-corrected chi connectivity index (χ2v) is 9.46. The highest BCUT2D eigenvalue weighted by Gasteiger charge is 2.19. The van der Waals surface area contributed by atoms with Gasteiger partial charge in [-0.3, -0.25) is 5.43 Å². The Kier molecular flexibility index (Phi) is 3.36. The van der Waals surface area contributed by atoms with Gasteiger partial charge in [0.1, 0.15) is 0 Å². The quantitative estimate of drug-likeness (QED) is 0.310. The third-order valence-electron chi connectivity index (χ3n) is 2.20. The molecule has 0 saturated heterocycles. The van der Waals surface area contributed by atoms with Crippen LogP contribution in [0.2, 0.25) is 19.6 Å². The molecule has 1 aromatic rings. The van der Waals surface area contributed by atoms with E-state index in [1.807, 2.05) is 18.2 Å². The molecule has 80 valence electrons. The molecule has 15 heavy (non-hydrogen) atoms. The molecule has 3 N–H and O–H groups in total. The Hall–Kier alpha value is -1.49. The molecule has 0 heterocycles. The van der Waals surface area contributed by atoms with Crippen LogP contribution in [-0.2, 0) is 0 Å². The summed E-state index contributed by atoms with van der Waals surface area (Å²) in [6.07, 6.45) is 1.36. The third kappa shape index (κ3) is 2.73.